The average Bonchev–Trinajstić information content (AvgIpc) is 3.11. The molecule has 1 aliphatic rings. The number of Topliss-reactive ketones (excluding diaryl/α,β-unsaturated/α-hetero) is 1. The molecule has 29 heavy (non-hydrogen) atoms. The number of hydrogen-bond acceptors (Lipinski definition) is 4. The predicted molar refractivity (Wildman–Crippen MR) is 116 cm³/mol. The fourth-order valence-electron chi connectivity index (χ4n) is 3.84. The van der Waals surface area contributed by atoms with Crippen molar-refractivity contribution in [2.24, 2.45) is 11.8 Å². The Bertz CT molecular complexity index is 796. The zero-order valence-electron chi connectivity index (χ0n) is 17.5. The molecule has 0 saturated carbocycles. The summed E-state index contributed by atoms with van der Waals surface area (Å²) in [5.74, 6) is 0.760. The van der Waals surface area contributed by atoms with E-state index in [1.54, 1.807) is 6.92 Å². The Balaban J connectivity index is 2.00. The third-order valence-corrected chi connectivity index (χ3v) is 6.40. The quantitative estimate of drug-likeness (QED) is 0.0958. The van der Waals surface area contributed by atoms with Crippen molar-refractivity contribution >= 4 is 29.2 Å². The summed E-state index contributed by atoms with van der Waals surface area (Å²) < 4.78 is 4.77. The molecule has 1 aromatic rings. The maximum atomic E-state index is 12.3. The van der Waals surface area contributed by atoms with Gasteiger partial charge in [-0.2, -0.15) is 4.79 Å². The Morgan fingerprint density at radius 3 is 2.62 bits per heavy atom. The highest BCUT2D eigenvalue weighted by Gasteiger charge is 2.31. The molecule has 6 heteroatoms. The lowest BCUT2D eigenvalue weighted by molar-refractivity contribution is -0.141. The van der Waals surface area contributed by atoms with E-state index >= 15 is 0 Å². The van der Waals surface area contributed by atoms with E-state index in [4.69, 9.17) is 10.3 Å². The summed E-state index contributed by atoms with van der Waals surface area (Å²) in [6.45, 7) is 6.28. The van der Waals surface area contributed by atoms with Gasteiger partial charge in [0.25, 0.3) is 5.78 Å². The number of carbonyl (C=O) groups excluding carboxylic acids is 2. The topological polar surface area (TPSA) is 79.8 Å². The molecule has 156 valence electrons. The lowest BCUT2D eigenvalue weighted by atomic mass is 9.86. The van der Waals surface area contributed by atoms with Gasteiger partial charge < -0.3 is 10.3 Å². The summed E-state index contributed by atoms with van der Waals surface area (Å²) in [7, 11) is 0. The summed E-state index contributed by atoms with van der Waals surface area (Å²) in [6.07, 6.45) is 3.91. The number of thioether (sulfide) groups is 1. The molecule has 0 fully saturated rings. The van der Waals surface area contributed by atoms with Crippen LogP contribution in [0.3, 0.4) is 0 Å². The molecule has 0 saturated heterocycles. The van der Waals surface area contributed by atoms with Gasteiger partial charge in [-0.05, 0) is 56.6 Å². The number of esters is 1. The van der Waals surface area contributed by atoms with Crippen LogP contribution in [0.15, 0.2) is 46.4 Å². The predicted octanol–water partition coefficient (Wildman–Crippen LogP) is 5.11. The highest BCUT2D eigenvalue weighted by atomic mass is 32.2. The van der Waals surface area contributed by atoms with E-state index in [2.05, 4.69) is 42.9 Å². The van der Waals surface area contributed by atoms with Crippen molar-refractivity contribution in [3.8, 4) is 0 Å². The van der Waals surface area contributed by atoms with Crippen molar-refractivity contribution in [3.05, 3.63) is 47.0 Å². The summed E-state index contributed by atoms with van der Waals surface area (Å²) in [6, 6.07) is 10.4. The SMILES string of the molecule is CCOC(=O)C(=[N+]=[N-])C(=O)CCCC1=C(CSc2ccccc2)CC[C@@H]1C(C)C. The summed E-state index contributed by atoms with van der Waals surface area (Å²) >= 11 is 1.85. The van der Waals surface area contributed by atoms with E-state index in [1.165, 1.54) is 16.0 Å². The minimum absolute atomic E-state index is 0.135. The van der Waals surface area contributed by atoms with Crippen LogP contribution in [0, 0.1) is 11.8 Å². The lowest BCUT2D eigenvalue weighted by Crippen LogP contribution is -2.27. The molecule has 0 aromatic heterocycles. The van der Waals surface area contributed by atoms with Crippen LogP contribution >= 0.6 is 11.8 Å². The van der Waals surface area contributed by atoms with Crippen LogP contribution in [-0.2, 0) is 14.3 Å². The molecule has 0 amide bonds. The number of rotatable bonds is 11. The van der Waals surface area contributed by atoms with Gasteiger partial charge in [0.1, 0.15) is 0 Å². The third kappa shape index (κ3) is 6.69. The van der Waals surface area contributed by atoms with Crippen LogP contribution in [-0.4, -0.2) is 34.6 Å². The van der Waals surface area contributed by atoms with Gasteiger partial charge in [-0.25, -0.2) is 4.79 Å². The van der Waals surface area contributed by atoms with E-state index in [1.807, 2.05) is 17.8 Å². The van der Waals surface area contributed by atoms with Crippen molar-refractivity contribution < 1.29 is 19.1 Å². The fraction of sp³-hybridized carbons (Fsp3) is 0.522. The minimum Gasteiger partial charge on any atom is -0.457 e. The molecule has 1 aliphatic carbocycles. The molecule has 0 heterocycles. The van der Waals surface area contributed by atoms with Gasteiger partial charge in [0.15, 0.2) is 0 Å². The van der Waals surface area contributed by atoms with Crippen molar-refractivity contribution in [1.82, 2.24) is 0 Å². The summed E-state index contributed by atoms with van der Waals surface area (Å²) in [5.41, 5.74) is 11.4. The van der Waals surface area contributed by atoms with Crippen LogP contribution in [0.25, 0.3) is 5.53 Å². The molecule has 0 unspecified atom stereocenters. The van der Waals surface area contributed by atoms with Crippen LogP contribution < -0.4 is 0 Å². The first-order valence-corrected chi connectivity index (χ1v) is 11.3. The summed E-state index contributed by atoms with van der Waals surface area (Å²) in [5, 5.41) is 0. The minimum atomic E-state index is -0.861. The largest absolute Gasteiger partial charge is 0.457 e. The monoisotopic (exact) mass is 414 g/mol. The molecule has 0 N–H and O–H groups in total. The zero-order chi connectivity index (χ0) is 21.2. The fourth-order valence-corrected chi connectivity index (χ4v) is 4.86. The van der Waals surface area contributed by atoms with Crippen LogP contribution in [0.1, 0.15) is 52.9 Å². The maximum Gasteiger partial charge on any atom is 0.441 e. The smallest absolute Gasteiger partial charge is 0.441 e. The van der Waals surface area contributed by atoms with Gasteiger partial charge in [0.2, 0.25) is 0 Å². The molecule has 0 bridgehead atoms. The molecular weight excluding hydrogens is 384 g/mol. The van der Waals surface area contributed by atoms with E-state index in [-0.39, 0.29) is 13.0 Å². The molecule has 1 aromatic carbocycles. The number of nitrogens with zero attached hydrogens (tertiary/aromatic N) is 2. The Morgan fingerprint density at radius 1 is 1.28 bits per heavy atom. The normalized spacial score (nSPS) is 16.1. The standard InChI is InChI=1S/C23H30N2O3S/c1-4-28-23(27)22(25-24)21(26)12-8-11-20-17(13-14-19(20)16(2)3)15-29-18-9-6-5-7-10-18/h5-7,9-10,16,19H,4,8,11-15H2,1-3H3/t19-/m1/s1. The van der Waals surface area contributed by atoms with E-state index in [0.29, 0.717) is 18.3 Å². The maximum absolute atomic E-state index is 12.3. The van der Waals surface area contributed by atoms with Crippen molar-refractivity contribution in [2.75, 3.05) is 12.4 Å². The van der Waals surface area contributed by atoms with E-state index in [0.717, 1.165) is 25.0 Å². The van der Waals surface area contributed by atoms with Gasteiger partial charge in [-0.15, -0.1) is 11.8 Å². The number of carbonyl (C=O) groups is 2. The van der Waals surface area contributed by atoms with Gasteiger partial charge in [0, 0.05) is 17.1 Å². The number of ether oxygens (including phenoxy) is 1. The number of benzene rings is 1. The first-order valence-electron chi connectivity index (χ1n) is 10.3. The Labute approximate surface area is 177 Å². The second-order valence-corrected chi connectivity index (χ2v) is 8.61. The van der Waals surface area contributed by atoms with Gasteiger partial charge in [0.05, 0.1) is 6.61 Å². The van der Waals surface area contributed by atoms with Gasteiger partial charge in [-0.3, -0.25) is 4.79 Å². The Hall–Kier alpha value is -2.17. The van der Waals surface area contributed by atoms with Crippen LogP contribution in [0.5, 0.6) is 0 Å². The second kappa shape index (κ2) is 11.7. The van der Waals surface area contributed by atoms with Crippen molar-refractivity contribution in [3.63, 3.8) is 0 Å². The molecule has 2 rings (SSSR count). The molecular formula is C23H30N2O3S. The Kier molecular flexibility index (Phi) is 9.36. The first kappa shape index (κ1) is 23.1. The van der Waals surface area contributed by atoms with Crippen LogP contribution in [0.2, 0.25) is 0 Å². The van der Waals surface area contributed by atoms with Crippen molar-refractivity contribution in [2.45, 2.75) is 57.8 Å². The Morgan fingerprint density at radius 2 is 2.00 bits per heavy atom. The molecule has 5 nitrogen and oxygen atoms in total. The van der Waals surface area contributed by atoms with Crippen LogP contribution in [0.4, 0.5) is 0 Å². The third-order valence-electron chi connectivity index (χ3n) is 5.30. The number of ketones is 1. The highest BCUT2D eigenvalue weighted by molar-refractivity contribution is 7.99. The van der Waals surface area contributed by atoms with Crippen molar-refractivity contribution in [1.29, 1.82) is 0 Å². The number of allylic oxidation sites excluding steroid dienone is 1. The van der Waals surface area contributed by atoms with E-state index in [9.17, 15) is 9.59 Å². The first-order chi connectivity index (χ1) is 14.0. The lowest BCUT2D eigenvalue weighted by Gasteiger charge is -2.19. The van der Waals surface area contributed by atoms with E-state index < -0.39 is 17.5 Å². The highest BCUT2D eigenvalue weighted by Crippen LogP contribution is 2.41. The van der Waals surface area contributed by atoms with Gasteiger partial charge in [-0.1, -0.05) is 43.2 Å². The number of hydrogen-bond donors (Lipinski definition) is 0. The molecule has 0 spiro atoms. The average molecular weight is 415 g/mol. The van der Waals surface area contributed by atoms with Gasteiger partial charge >= 0.3 is 11.7 Å². The zero-order valence-corrected chi connectivity index (χ0v) is 18.3. The molecule has 0 radical (unpaired) electrons. The summed E-state index contributed by atoms with van der Waals surface area (Å²) in [4.78, 5) is 28.1. The molecule has 0 aliphatic heterocycles. The molecule has 1 atom stereocenters. The second-order valence-electron chi connectivity index (χ2n) is 7.57.